The fourth-order valence-electron chi connectivity index (χ4n) is 7.82. The molecule has 4 aromatic carbocycles. The molecule has 5 aromatic rings. The van der Waals surface area contributed by atoms with Crippen LogP contribution in [0.4, 0.5) is 11.4 Å². The number of hydrogen-bond donors (Lipinski definition) is 1. The number of aromatic nitrogens is 1. The van der Waals surface area contributed by atoms with Crippen LogP contribution in [0, 0.1) is 0 Å². The normalized spacial score (nSPS) is 19.2. The van der Waals surface area contributed by atoms with E-state index in [0.29, 0.717) is 36.9 Å². The molecular formula is C43H37N3O4S3. The zero-order chi connectivity index (χ0) is 36.6. The highest BCUT2D eigenvalue weighted by molar-refractivity contribution is 8.30. The summed E-state index contributed by atoms with van der Waals surface area (Å²) in [5.41, 5.74) is 8.89. The number of carboxylic acid groups (broad SMARTS) is 1. The summed E-state index contributed by atoms with van der Waals surface area (Å²) in [6.07, 6.45) is 7.27. The summed E-state index contributed by atoms with van der Waals surface area (Å²) in [5.74, 6) is -0.873. The smallest absolute Gasteiger partial charge is 0.305 e. The maximum atomic E-state index is 13.8. The van der Waals surface area contributed by atoms with Gasteiger partial charge in [-0.25, -0.2) is 0 Å². The lowest BCUT2D eigenvalue weighted by molar-refractivity contribution is -0.137. The number of thiocarbonyl (C=S) groups is 1. The highest BCUT2D eigenvalue weighted by atomic mass is 32.2. The number of amides is 1. The topological polar surface area (TPSA) is 82.9 Å². The molecule has 2 aliphatic heterocycles. The molecular weight excluding hydrogens is 719 g/mol. The number of benzene rings is 4. The van der Waals surface area contributed by atoms with Crippen molar-refractivity contribution in [3.63, 3.8) is 0 Å². The molecule has 266 valence electrons. The van der Waals surface area contributed by atoms with Gasteiger partial charge in [0.25, 0.3) is 11.5 Å². The molecule has 53 heavy (non-hydrogen) atoms. The fourth-order valence-corrected chi connectivity index (χ4v) is 10.5. The number of anilines is 2. The number of rotatable bonds is 9. The van der Waals surface area contributed by atoms with E-state index >= 15 is 0 Å². The summed E-state index contributed by atoms with van der Waals surface area (Å²) in [5, 5.41) is 9.41. The van der Waals surface area contributed by atoms with Gasteiger partial charge in [-0.15, -0.1) is 11.3 Å². The van der Waals surface area contributed by atoms with Crippen molar-refractivity contribution >= 4 is 85.5 Å². The number of carboxylic acids is 1. The molecule has 0 spiro atoms. The fraction of sp³-hybridized carbons (Fsp3) is 0.209. The number of thioether (sulfide) groups is 1. The number of carbonyl (C=O) groups excluding carboxylic acids is 1. The average Bonchev–Trinajstić information content (AvgIpc) is 3.92. The van der Waals surface area contributed by atoms with Gasteiger partial charge in [-0.1, -0.05) is 109 Å². The molecule has 1 saturated carbocycles. The summed E-state index contributed by atoms with van der Waals surface area (Å²) >= 11 is 7.82. The zero-order valence-electron chi connectivity index (χ0n) is 29.1. The predicted octanol–water partition coefficient (Wildman–Crippen LogP) is 7.58. The molecule has 2 atom stereocenters. The molecule has 2 unspecified atom stereocenters. The van der Waals surface area contributed by atoms with E-state index in [-0.39, 0.29) is 24.4 Å². The van der Waals surface area contributed by atoms with Crippen molar-refractivity contribution in [2.24, 2.45) is 0 Å². The summed E-state index contributed by atoms with van der Waals surface area (Å²) in [6.45, 7) is 2.25. The Morgan fingerprint density at radius 2 is 1.58 bits per heavy atom. The van der Waals surface area contributed by atoms with E-state index in [1.165, 1.54) is 60.5 Å². The lowest BCUT2D eigenvalue weighted by Crippen LogP contribution is -2.34. The molecule has 1 N–H and O–H groups in total. The number of thiazole rings is 1. The molecule has 8 rings (SSSR count). The molecule has 1 aliphatic carbocycles. The summed E-state index contributed by atoms with van der Waals surface area (Å²) < 4.78 is 2.78. The van der Waals surface area contributed by atoms with Gasteiger partial charge >= 0.3 is 5.97 Å². The first-order chi connectivity index (χ1) is 25.8. The molecule has 10 heteroatoms. The predicted molar refractivity (Wildman–Crippen MR) is 220 cm³/mol. The first kappa shape index (κ1) is 35.0. The molecule has 1 amide bonds. The third kappa shape index (κ3) is 6.71. The largest absolute Gasteiger partial charge is 0.481 e. The van der Waals surface area contributed by atoms with E-state index < -0.39 is 5.97 Å². The Balaban J connectivity index is 1.15. The molecule has 1 saturated heterocycles. The number of fused-ring (bicyclic) bond motifs is 3. The Morgan fingerprint density at radius 1 is 0.906 bits per heavy atom. The van der Waals surface area contributed by atoms with Gasteiger partial charge in [-0.2, -0.15) is 0 Å². The number of nitrogens with zero attached hydrogens (tertiary/aromatic N) is 3. The van der Waals surface area contributed by atoms with Crippen LogP contribution in [0.25, 0.3) is 22.6 Å². The first-order valence-corrected chi connectivity index (χ1v) is 19.9. The third-order valence-electron chi connectivity index (χ3n) is 10.3. The number of hydrogen-bond acceptors (Lipinski definition) is 7. The van der Waals surface area contributed by atoms with E-state index in [0.717, 1.165) is 36.1 Å². The van der Waals surface area contributed by atoms with Crippen LogP contribution in [0.1, 0.15) is 66.3 Å². The SMILES string of the molecule is CCN1C(=O)/C(=c2\s/c(=C/c3ccc4c(c3)C3CCCC3N4c3ccc(C=C(c4ccccc4)c4ccccc4)cc3)c(=O)n2CCC(=O)O)SC1=S. The highest BCUT2D eigenvalue weighted by Gasteiger charge is 2.42. The molecule has 3 aliphatic rings. The van der Waals surface area contributed by atoms with Crippen LogP contribution >= 0.6 is 35.3 Å². The average molecular weight is 756 g/mol. The lowest BCUT2D eigenvalue weighted by Gasteiger charge is -2.27. The maximum Gasteiger partial charge on any atom is 0.305 e. The van der Waals surface area contributed by atoms with Gasteiger partial charge in [0.1, 0.15) is 13.9 Å². The standard InChI is InChI=1S/C43H37N3O4S3/c1-2-44-41(50)39(53-43(44)51)42-45(23-22-38(47)48)40(49)37(52-42)26-28-18-21-36-34(25-28)32-14-9-15-35(32)46(36)31-19-16-27(17-20-31)24-33(29-10-5-3-6-11-29)30-12-7-4-8-13-30/h3-8,10-13,16-21,24-26,32,35H,2,9,14-15,22-23H2,1H3,(H,47,48)/b37-26+,42-39+. The Kier molecular flexibility index (Phi) is 9.76. The molecule has 0 radical (unpaired) electrons. The highest BCUT2D eigenvalue weighted by Crippen LogP contribution is 2.52. The van der Waals surface area contributed by atoms with Crippen molar-refractivity contribution in [2.75, 3.05) is 11.4 Å². The Hall–Kier alpha value is -5.03. The number of aliphatic carboxylic acids is 1. The maximum absolute atomic E-state index is 13.8. The van der Waals surface area contributed by atoms with Crippen LogP contribution in [0.15, 0.2) is 108 Å². The van der Waals surface area contributed by atoms with Crippen molar-refractivity contribution in [1.82, 2.24) is 9.47 Å². The van der Waals surface area contributed by atoms with Gasteiger partial charge in [-0.05, 0) is 89.6 Å². The Bertz CT molecular complexity index is 2410. The Labute approximate surface area is 321 Å². The Morgan fingerprint density at radius 3 is 2.23 bits per heavy atom. The van der Waals surface area contributed by atoms with Gasteiger partial charge in [0.15, 0.2) is 0 Å². The minimum Gasteiger partial charge on any atom is -0.481 e. The second kappa shape index (κ2) is 14.8. The van der Waals surface area contributed by atoms with Gasteiger partial charge in [0.2, 0.25) is 0 Å². The summed E-state index contributed by atoms with van der Waals surface area (Å²) in [4.78, 5) is 42.8. The van der Waals surface area contributed by atoms with E-state index in [2.05, 4.69) is 95.9 Å². The van der Waals surface area contributed by atoms with E-state index in [9.17, 15) is 19.5 Å². The second-order valence-corrected chi connectivity index (χ2v) is 16.1. The van der Waals surface area contributed by atoms with Crippen LogP contribution < -0.4 is 19.7 Å². The summed E-state index contributed by atoms with van der Waals surface area (Å²) in [6, 6.07) is 36.6. The van der Waals surface area contributed by atoms with Crippen LogP contribution in [0.5, 0.6) is 0 Å². The van der Waals surface area contributed by atoms with Crippen molar-refractivity contribution in [3.05, 3.63) is 150 Å². The molecule has 7 nitrogen and oxygen atoms in total. The minimum absolute atomic E-state index is 0.0264. The van der Waals surface area contributed by atoms with Gasteiger partial charge in [0, 0.05) is 36.4 Å². The molecule has 3 heterocycles. The lowest BCUT2D eigenvalue weighted by atomic mass is 9.95. The van der Waals surface area contributed by atoms with Gasteiger partial charge < -0.3 is 10.0 Å². The quantitative estimate of drug-likeness (QED) is 0.123. The van der Waals surface area contributed by atoms with Gasteiger partial charge in [-0.3, -0.25) is 23.9 Å². The van der Waals surface area contributed by atoms with Crippen molar-refractivity contribution in [1.29, 1.82) is 0 Å². The van der Waals surface area contributed by atoms with E-state index in [4.69, 9.17) is 12.2 Å². The number of carbonyl (C=O) groups is 2. The molecule has 2 fully saturated rings. The monoisotopic (exact) mass is 755 g/mol. The summed E-state index contributed by atoms with van der Waals surface area (Å²) in [7, 11) is 0. The van der Waals surface area contributed by atoms with Crippen molar-refractivity contribution in [3.8, 4) is 0 Å². The molecule has 1 aromatic heterocycles. The van der Waals surface area contributed by atoms with Crippen LogP contribution in [0.3, 0.4) is 0 Å². The first-order valence-electron chi connectivity index (χ1n) is 17.9. The minimum atomic E-state index is -1.01. The zero-order valence-corrected chi connectivity index (χ0v) is 31.6. The molecule has 0 bridgehead atoms. The van der Waals surface area contributed by atoms with Crippen LogP contribution in [-0.4, -0.2) is 43.4 Å². The second-order valence-electron chi connectivity index (χ2n) is 13.4. The van der Waals surface area contributed by atoms with E-state index in [1.807, 2.05) is 31.2 Å². The van der Waals surface area contributed by atoms with Crippen molar-refractivity contribution < 1.29 is 14.7 Å². The van der Waals surface area contributed by atoms with Crippen LogP contribution in [0.2, 0.25) is 0 Å². The van der Waals surface area contributed by atoms with E-state index in [1.54, 1.807) is 0 Å². The third-order valence-corrected chi connectivity index (χ3v) is 13.0. The van der Waals surface area contributed by atoms with Crippen molar-refractivity contribution in [2.45, 2.75) is 51.1 Å². The van der Waals surface area contributed by atoms with Crippen LogP contribution in [-0.2, 0) is 16.1 Å². The van der Waals surface area contributed by atoms with Gasteiger partial charge in [0.05, 0.1) is 11.0 Å².